The molecule has 0 bridgehead atoms. The number of rotatable bonds is 6. The molecule has 0 aliphatic rings. The quantitative estimate of drug-likeness (QED) is 0.204. The minimum atomic E-state index is -0.537. The van der Waals surface area contributed by atoms with Gasteiger partial charge in [-0.2, -0.15) is 0 Å². The Balaban J connectivity index is 1.46. The fraction of sp³-hybridized carbons (Fsp3) is 0.167. The molecule has 0 unspecified atom stereocenters. The molecule has 0 aliphatic heterocycles. The topological polar surface area (TPSA) is 65.7 Å². The Labute approximate surface area is 167 Å². The van der Waals surface area contributed by atoms with E-state index in [2.05, 4.69) is 6.92 Å². The first-order valence-electron chi connectivity index (χ1n) is 9.52. The van der Waals surface area contributed by atoms with Crippen molar-refractivity contribution in [2.75, 3.05) is 6.61 Å². The van der Waals surface area contributed by atoms with E-state index in [-0.39, 0.29) is 6.61 Å². The van der Waals surface area contributed by atoms with Crippen LogP contribution >= 0.6 is 0 Å². The number of carbonyl (C=O) groups is 1. The van der Waals surface area contributed by atoms with Gasteiger partial charge in [-0.25, -0.2) is 9.59 Å². The van der Waals surface area contributed by atoms with Gasteiger partial charge in [0.1, 0.15) is 17.1 Å². The zero-order valence-corrected chi connectivity index (χ0v) is 16.0. The number of aryl methyl sites for hydroxylation is 1. The molecule has 0 aliphatic carbocycles. The Bertz CT molecular complexity index is 1220. The molecule has 0 spiro atoms. The second kappa shape index (κ2) is 8.19. The van der Waals surface area contributed by atoms with Gasteiger partial charge in [-0.1, -0.05) is 43.7 Å². The SMILES string of the molecule is CCCc1ccc(OCC(=O)Oc2ccc3c(c2)oc(=O)c2ccccc23)cc1. The van der Waals surface area contributed by atoms with Crippen LogP contribution in [0.1, 0.15) is 18.9 Å². The number of benzene rings is 3. The Hall–Kier alpha value is -3.60. The molecule has 4 rings (SSSR count). The van der Waals surface area contributed by atoms with Crippen molar-refractivity contribution >= 4 is 27.7 Å². The van der Waals surface area contributed by atoms with Crippen molar-refractivity contribution in [3.05, 3.63) is 82.7 Å². The van der Waals surface area contributed by atoms with Crippen LogP contribution in [0.25, 0.3) is 21.7 Å². The van der Waals surface area contributed by atoms with E-state index in [0.717, 1.165) is 23.6 Å². The summed E-state index contributed by atoms with van der Waals surface area (Å²) in [4.78, 5) is 24.3. The first-order chi connectivity index (χ1) is 14.1. The lowest BCUT2D eigenvalue weighted by Crippen LogP contribution is -2.17. The molecule has 0 fully saturated rings. The van der Waals surface area contributed by atoms with Crippen molar-refractivity contribution in [3.8, 4) is 11.5 Å². The maximum Gasteiger partial charge on any atom is 0.349 e. The molecule has 0 N–H and O–H groups in total. The average molecular weight is 388 g/mol. The second-order valence-electron chi connectivity index (χ2n) is 6.75. The van der Waals surface area contributed by atoms with Crippen molar-refractivity contribution in [1.82, 2.24) is 0 Å². The van der Waals surface area contributed by atoms with Crippen LogP contribution in [-0.2, 0) is 11.2 Å². The van der Waals surface area contributed by atoms with Crippen LogP contribution in [0.15, 0.2) is 75.9 Å². The van der Waals surface area contributed by atoms with E-state index in [0.29, 0.717) is 22.5 Å². The molecule has 29 heavy (non-hydrogen) atoms. The molecule has 3 aromatic carbocycles. The first kappa shape index (κ1) is 18.7. The van der Waals surface area contributed by atoms with Gasteiger partial charge in [-0.15, -0.1) is 0 Å². The third-order valence-electron chi connectivity index (χ3n) is 4.64. The molecule has 0 saturated carbocycles. The molecule has 5 heteroatoms. The molecular formula is C24H20O5. The highest BCUT2D eigenvalue weighted by molar-refractivity contribution is 6.04. The minimum absolute atomic E-state index is 0.215. The molecule has 0 saturated heterocycles. The van der Waals surface area contributed by atoms with Crippen molar-refractivity contribution in [2.24, 2.45) is 0 Å². The maximum atomic E-state index is 12.2. The van der Waals surface area contributed by atoms with Gasteiger partial charge in [0.25, 0.3) is 0 Å². The van der Waals surface area contributed by atoms with E-state index in [1.807, 2.05) is 36.4 Å². The lowest BCUT2D eigenvalue weighted by Gasteiger charge is -2.08. The third kappa shape index (κ3) is 4.14. The van der Waals surface area contributed by atoms with E-state index >= 15 is 0 Å². The highest BCUT2D eigenvalue weighted by Crippen LogP contribution is 2.26. The van der Waals surface area contributed by atoms with E-state index in [4.69, 9.17) is 13.9 Å². The Kier molecular flexibility index (Phi) is 5.29. The maximum absolute atomic E-state index is 12.2. The summed E-state index contributed by atoms with van der Waals surface area (Å²) in [5.74, 6) is 0.366. The summed E-state index contributed by atoms with van der Waals surface area (Å²) in [6.45, 7) is 1.91. The molecule has 0 radical (unpaired) electrons. The molecular weight excluding hydrogens is 368 g/mol. The van der Waals surface area contributed by atoms with Crippen LogP contribution in [-0.4, -0.2) is 12.6 Å². The summed E-state index contributed by atoms with van der Waals surface area (Å²) in [5.41, 5.74) is 1.17. The van der Waals surface area contributed by atoms with Crippen LogP contribution in [0.5, 0.6) is 11.5 Å². The van der Waals surface area contributed by atoms with Crippen LogP contribution in [0, 0.1) is 0 Å². The number of esters is 1. The molecule has 0 amide bonds. The van der Waals surface area contributed by atoms with E-state index < -0.39 is 11.6 Å². The average Bonchev–Trinajstić information content (AvgIpc) is 2.73. The van der Waals surface area contributed by atoms with Crippen LogP contribution in [0.3, 0.4) is 0 Å². The van der Waals surface area contributed by atoms with Crippen LogP contribution < -0.4 is 15.1 Å². The Morgan fingerprint density at radius 3 is 2.38 bits per heavy atom. The van der Waals surface area contributed by atoms with E-state index in [1.165, 1.54) is 5.56 Å². The number of fused-ring (bicyclic) bond motifs is 3. The van der Waals surface area contributed by atoms with Gasteiger partial charge in [0.2, 0.25) is 0 Å². The Morgan fingerprint density at radius 2 is 1.62 bits per heavy atom. The fourth-order valence-corrected chi connectivity index (χ4v) is 3.27. The highest BCUT2D eigenvalue weighted by atomic mass is 16.6. The van der Waals surface area contributed by atoms with Gasteiger partial charge in [0.15, 0.2) is 6.61 Å². The zero-order chi connectivity index (χ0) is 20.2. The van der Waals surface area contributed by atoms with E-state index in [1.54, 1.807) is 30.3 Å². The fourth-order valence-electron chi connectivity index (χ4n) is 3.27. The summed E-state index contributed by atoms with van der Waals surface area (Å²) in [6.07, 6.45) is 2.09. The lowest BCUT2D eigenvalue weighted by molar-refractivity contribution is -0.136. The molecule has 146 valence electrons. The van der Waals surface area contributed by atoms with Crippen molar-refractivity contribution in [1.29, 1.82) is 0 Å². The summed E-state index contributed by atoms with van der Waals surface area (Å²) in [6, 6.07) is 19.9. The van der Waals surface area contributed by atoms with Gasteiger partial charge in [-0.05, 0) is 47.7 Å². The van der Waals surface area contributed by atoms with Crippen LogP contribution in [0.4, 0.5) is 0 Å². The first-order valence-corrected chi connectivity index (χ1v) is 9.52. The van der Waals surface area contributed by atoms with E-state index in [9.17, 15) is 9.59 Å². The van der Waals surface area contributed by atoms with Crippen molar-refractivity contribution < 1.29 is 18.7 Å². The number of hydrogen-bond donors (Lipinski definition) is 0. The standard InChI is InChI=1S/C24H20O5/c1-2-5-16-8-10-17(11-9-16)27-15-23(25)28-18-12-13-20-19-6-3-4-7-21(19)24(26)29-22(20)14-18/h3-4,6-14H,2,5,15H2,1H3. The van der Waals surface area contributed by atoms with Crippen LogP contribution in [0.2, 0.25) is 0 Å². The molecule has 1 aromatic heterocycles. The monoisotopic (exact) mass is 388 g/mol. The predicted octanol–water partition coefficient (Wildman–Crippen LogP) is 4.88. The Morgan fingerprint density at radius 1 is 0.897 bits per heavy atom. The largest absolute Gasteiger partial charge is 0.482 e. The smallest absolute Gasteiger partial charge is 0.349 e. The second-order valence-corrected chi connectivity index (χ2v) is 6.75. The summed E-state index contributed by atoms with van der Waals surface area (Å²) in [7, 11) is 0. The molecule has 5 nitrogen and oxygen atoms in total. The summed E-state index contributed by atoms with van der Waals surface area (Å²) in [5, 5.41) is 2.10. The molecule has 1 heterocycles. The van der Waals surface area contributed by atoms with Gasteiger partial charge in [0.05, 0.1) is 5.39 Å². The van der Waals surface area contributed by atoms with Crippen molar-refractivity contribution in [3.63, 3.8) is 0 Å². The summed E-state index contributed by atoms with van der Waals surface area (Å²) >= 11 is 0. The number of ether oxygens (including phenoxy) is 2. The predicted molar refractivity (Wildman–Crippen MR) is 112 cm³/mol. The van der Waals surface area contributed by atoms with Gasteiger partial charge >= 0.3 is 11.6 Å². The summed E-state index contributed by atoms with van der Waals surface area (Å²) < 4.78 is 16.2. The van der Waals surface area contributed by atoms with Crippen molar-refractivity contribution in [2.45, 2.75) is 19.8 Å². The van der Waals surface area contributed by atoms with Gasteiger partial charge < -0.3 is 13.9 Å². The zero-order valence-electron chi connectivity index (χ0n) is 16.0. The van der Waals surface area contributed by atoms with Gasteiger partial charge in [-0.3, -0.25) is 0 Å². The molecule has 4 aromatic rings. The van der Waals surface area contributed by atoms with Gasteiger partial charge in [0, 0.05) is 11.5 Å². The lowest BCUT2D eigenvalue weighted by atomic mass is 10.1. The highest BCUT2D eigenvalue weighted by Gasteiger charge is 2.11. The normalized spacial score (nSPS) is 10.9. The minimum Gasteiger partial charge on any atom is -0.482 e. The molecule has 0 atom stereocenters. The number of carbonyl (C=O) groups excluding carboxylic acids is 1. The third-order valence-corrected chi connectivity index (χ3v) is 4.64. The number of hydrogen-bond acceptors (Lipinski definition) is 5.